The van der Waals surface area contributed by atoms with Crippen molar-refractivity contribution >= 4 is 33.6 Å². The standard InChI is InChI=1S/C18H15BrN2O5/c1-24-15-9-14(11(10-20)8-13(15)19)21-7-5-4-6-12(17(22)25-2)16(21)18(23)26-3/h4-9H,1-3H3. The molecule has 0 radical (unpaired) electrons. The molecule has 1 aliphatic heterocycles. The second-order valence-corrected chi connectivity index (χ2v) is 5.79. The van der Waals surface area contributed by atoms with Crippen molar-refractivity contribution < 1.29 is 23.8 Å². The minimum absolute atomic E-state index is 0.00451. The molecule has 0 aromatic heterocycles. The van der Waals surface area contributed by atoms with Crippen molar-refractivity contribution in [2.45, 2.75) is 0 Å². The molecule has 1 aromatic carbocycles. The number of hydrogen-bond acceptors (Lipinski definition) is 7. The highest BCUT2D eigenvalue weighted by molar-refractivity contribution is 9.10. The summed E-state index contributed by atoms with van der Waals surface area (Å²) in [5.41, 5.74) is 0.518. The van der Waals surface area contributed by atoms with Crippen molar-refractivity contribution in [3.05, 3.63) is 57.9 Å². The third kappa shape index (κ3) is 3.63. The van der Waals surface area contributed by atoms with Crippen LogP contribution in [0.2, 0.25) is 0 Å². The molecule has 26 heavy (non-hydrogen) atoms. The van der Waals surface area contributed by atoms with E-state index >= 15 is 0 Å². The lowest BCUT2D eigenvalue weighted by Crippen LogP contribution is -2.27. The molecule has 2 rings (SSSR count). The molecule has 0 saturated heterocycles. The minimum atomic E-state index is -0.757. The number of carbonyl (C=O) groups excluding carboxylic acids is 2. The first-order valence-electron chi connectivity index (χ1n) is 7.31. The van der Waals surface area contributed by atoms with E-state index in [0.29, 0.717) is 15.9 Å². The van der Waals surface area contributed by atoms with Gasteiger partial charge in [-0.1, -0.05) is 6.08 Å². The Bertz CT molecular complexity index is 880. The Kier molecular flexibility index (Phi) is 6.20. The zero-order chi connectivity index (χ0) is 19.3. The van der Waals surface area contributed by atoms with E-state index in [1.165, 1.54) is 32.3 Å². The summed E-state index contributed by atoms with van der Waals surface area (Å²) in [7, 11) is 3.89. The topological polar surface area (TPSA) is 88.9 Å². The number of carbonyl (C=O) groups is 2. The van der Waals surface area contributed by atoms with Gasteiger partial charge in [-0.05, 0) is 34.1 Å². The minimum Gasteiger partial charge on any atom is -0.495 e. The zero-order valence-electron chi connectivity index (χ0n) is 14.3. The molecule has 0 spiro atoms. The van der Waals surface area contributed by atoms with Crippen LogP contribution in [0, 0.1) is 11.3 Å². The van der Waals surface area contributed by atoms with Gasteiger partial charge in [0.2, 0.25) is 0 Å². The number of esters is 2. The Labute approximate surface area is 158 Å². The number of allylic oxidation sites excluding steroid dienone is 2. The smallest absolute Gasteiger partial charge is 0.355 e. The molecule has 0 atom stereocenters. The van der Waals surface area contributed by atoms with Gasteiger partial charge in [0.15, 0.2) is 0 Å². The van der Waals surface area contributed by atoms with Crippen molar-refractivity contribution in [1.82, 2.24) is 0 Å². The number of nitriles is 1. The summed E-state index contributed by atoms with van der Waals surface area (Å²) >= 11 is 3.32. The van der Waals surface area contributed by atoms with Crippen LogP contribution in [0.25, 0.3) is 0 Å². The molecule has 1 heterocycles. The van der Waals surface area contributed by atoms with Gasteiger partial charge in [0, 0.05) is 12.3 Å². The highest BCUT2D eigenvalue weighted by atomic mass is 79.9. The Morgan fingerprint density at radius 1 is 1.12 bits per heavy atom. The molecule has 0 aliphatic carbocycles. The van der Waals surface area contributed by atoms with E-state index in [9.17, 15) is 14.9 Å². The summed E-state index contributed by atoms with van der Waals surface area (Å²) in [4.78, 5) is 26.0. The van der Waals surface area contributed by atoms with Crippen LogP contribution in [0.15, 0.2) is 52.3 Å². The number of ether oxygens (including phenoxy) is 3. The van der Waals surface area contributed by atoms with E-state index in [1.54, 1.807) is 30.5 Å². The van der Waals surface area contributed by atoms with Gasteiger partial charge in [0.1, 0.15) is 17.5 Å². The van der Waals surface area contributed by atoms with Crippen LogP contribution in [0.3, 0.4) is 0 Å². The molecule has 0 N–H and O–H groups in total. The molecule has 0 bridgehead atoms. The van der Waals surface area contributed by atoms with Crippen molar-refractivity contribution in [2.75, 3.05) is 26.2 Å². The fourth-order valence-corrected chi connectivity index (χ4v) is 2.84. The van der Waals surface area contributed by atoms with Crippen molar-refractivity contribution in [3.63, 3.8) is 0 Å². The largest absolute Gasteiger partial charge is 0.495 e. The van der Waals surface area contributed by atoms with Gasteiger partial charge in [-0.25, -0.2) is 9.59 Å². The van der Waals surface area contributed by atoms with Crippen LogP contribution >= 0.6 is 15.9 Å². The Morgan fingerprint density at radius 3 is 2.38 bits per heavy atom. The lowest BCUT2D eigenvalue weighted by atomic mass is 10.1. The quantitative estimate of drug-likeness (QED) is 0.694. The number of halogens is 1. The third-order valence-electron chi connectivity index (χ3n) is 3.54. The van der Waals surface area contributed by atoms with Crippen LogP contribution in [-0.2, 0) is 19.1 Å². The fourth-order valence-electron chi connectivity index (χ4n) is 2.34. The van der Waals surface area contributed by atoms with E-state index in [0.717, 1.165) is 0 Å². The molecule has 0 amide bonds. The predicted molar refractivity (Wildman–Crippen MR) is 97.2 cm³/mol. The van der Waals surface area contributed by atoms with Crippen LogP contribution in [0.1, 0.15) is 5.56 Å². The van der Waals surface area contributed by atoms with Crippen LogP contribution in [0.4, 0.5) is 5.69 Å². The number of rotatable bonds is 4. The molecular weight excluding hydrogens is 404 g/mol. The first-order chi connectivity index (χ1) is 12.5. The molecule has 0 unspecified atom stereocenters. The van der Waals surface area contributed by atoms with Gasteiger partial charge >= 0.3 is 11.9 Å². The molecule has 8 heteroatoms. The van der Waals surface area contributed by atoms with Gasteiger partial charge in [-0.2, -0.15) is 5.26 Å². The Hall–Kier alpha value is -3.05. The third-order valence-corrected chi connectivity index (χ3v) is 4.16. The monoisotopic (exact) mass is 418 g/mol. The summed E-state index contributed by atoms with van der Waals surface area (Å²) < 4.78 is 15.5. The normalized spacial score (nSPS) is 13.1. The van der Waals surface area contributed by atoms with Crippen molar-refractivity contribution in [1.29, 1.82) is 5.26 Å². The maximum absolute atomic E-state index is 12.4. The molecule has 7 nitrogen and oxygen atoms in total. The Morgan fingerprint density at radius 2 is 1.81 bits per heavy atom. The lowest BCUT2D eigenvalue weighted by Gasteiger charge is -2.24. The van der Waals surface area contributed by atoms with Crippen LogP contribution < -0.4 is 9.64 Å². The van der Waals surface area contributed by atoms with Gasteiger partial charge in [-0.3, -0.25) is 0 Å². The highest BCUT2D eigenvalue weighted by Crippen LogP contribution is 2.36. The second kappa shape index (κ2) is 8.36. The van der Waals surface area contributed by atoms with Crippen molar-refractivity contribution in [2.24, 2.45) is 0 Å². The number of methoxy groups -OCH3 is 3. The van der Waals surface area contributed by atoms with Gasteiger partial charge in [0.05, 0.1) is 42.6 Å². The molecule has 0 fully saturated rings. The summed E-state index contributed by atoms with van der Waals surface area (Å²) in [6, 6.07) is 5.21. The molecular formula is C18H15BrN2O5. The number of benzene rings is 1. The number of nitrogens with zero attached hydrogens (tertiary/aromatic N) is 2. The molecule has 1 aliphatic rings. The zero-order valence-corrected chi connectivity index (χ0v) is 15.9. The van der Waals surface area contributed by atoms with Crippen LogP contribution in [0.5, 0.6) is 5.75 Å². The fraction of sp³-hybridized carbons (Fsp3) is 0.167. The van der Waals surface area contributed by atoms with E-state index in [2.05, 4.69) is 22.0 Å². The first-order valence-corrected chi connectivity index (χ1v) is 8.10. The first kappa shape index (κ1) is 19.3. The number of hydrogen-bond donors (Lipinski definition) is 0. The SMILES string of the molecule is COC(=O)C1=C(C(=O)OC)N(c2cc(OC)c(Br)cc2C#N)C=CC=C1. The maximum atomic E-state index is 12.4. The average molecular weight is 419 g/mol. The second-order valence-electron chi connectivity index (χ2n) is 4.93. The average Bonchev–Trinajstić information content (AvgIpc) is 2.89. The van der Waals surface area contributed by atoms with E-state index in [-0.39, 0.29) is 16.8 Å². The van der Waals surface area contributed by atoms with E-state index in [4.69, 9.17) is 14.2 Å². The molecule has 134 valence electrons. The van der Waals surface area contributed by atoms with Gasteiger partial charge in [-0.15, -0.1) is 0 Å². The number of anilines is 1. The molecule has 1 aromatic rings. The van der Waals surface area contributed by atoms with E-state index in [1.807, 2.05) is 0 Å². The summed E-state index contributed by atoms with van der Waals surface area (Å²) in [6.07, 6.45) is 6.19. The molecule has 0 saturated carbocycles. The van der Waals surface area contributed by atoms with E-state index < -0.39 is 11.9 Å². The van der Waals surface area contributed by atoms with Crippen LogP contribution in [-0.4, -0.2) is 33.3 Å². The lowest BCUT2D eigenvalue weighted by molar-refractivity contribution is -0.139. The van der Waals surface area contributed by atoms with Crippen molar-refractivity contribution in [3.8, 4) is 11.8 Å². The maximum Gasteiger partial charge on any atom is 0.355 e. The summed E-state index contributed by atoms with van der Waals surface area (Å²) in [5.74, 6) is -1.02. The summed E-state index contributed by atoms with van der Waals surface area (Å²) in [5, 5.41) is 9.51. The predicted octanol–water partition coefficient (Wildman–Crippen LogP) is 2.82. The van der Waals surface area contributed by atoms with Gasteiger partial charge in [0.25, 0.3) is 0 Å². The van der Waals surface area contributed by atoms with Gasteiger partial charge < -0.3 is 19.1 Å². The Balaban J connectivity index is 2.79. The highest BCUT2D eigenvalue weighted by Gasteiger charge is 2.29. The summed E-state index contributed by atoms with van der Waals surface area (Å²) in [6.45, 7) is 0.